The van der Waals surface area contributed by atoms with Gasteiger partial charge in [0.25, 0.3) is 5.91 Å². The van der Waals surface area contributed by atoms with Gasteiger partial charge in [0, 0.05) is 0 Å². The molecule has 0 radical (unpaired) electrons. The van der Waals surface area contributed by atoms with Crippen molar-refractivity contribution in [2.45, 2.75) is 31.2 Å². The van der Waals surface area contributed by atoms with Gasteiger partial charge in [0.15, 0.2) is 6.61 Å². The third-order valence-electron chi connectivity index (χ3n) is 4.62. The second-order valence-electron chi connectivity index (χ2n) is 6.45. The number of nitrogens with one attached hydrogen (secondary N) is 1. The summed E-state index contributed by atoms with van der Waals surface area (Å²) in [6, 6.07) is 19.1. The topological polar surface area (TPSA) is 85.9 Å². The van der Waals surface area contributed by atoms with Gasteiger partial charge in [-0.05, 0) is 61.1 Å². The molecule has 0 atom stereocenters. The van der Waals surface area contributed by atoms with Crippen molar-refractivity contribution in [2.24, 2.45) is 0 Å². The van der Waals surface area contributed by atoms with Gasteiger partial charge in [-0.2, -0.15) is 10.5 Å². The van der Waals surface area contributed by atoms with E-state index in [1.54, 1.807) is 24.3 Å². The molecule has 3 rings (SSSR count). The van der Waals surface area contributed by atoms with E-state index in [1.807, 2.05) is 24.3 Å². The Balaban J connectivity index is 1.56. The van der Waals surface area contributed by atoms with Gasteiger partial charge in [-0.3, -0.25) is 4.79 Å². The molecule has 0 aromatic heterocycles. The van der Waals surface area contributed by atoms with Crippen molar-refractivity contribution < 1.29 is 9.53 Å². The van der Waals surface area contributed by atoms with Crippen LogP contribution in [-0.4, -0.2) is 18.1 Å². The first-order valence-corrected chi connectivity index (χ1v) is 8.60. The maximum Gasteiger partial charge on any atom is 0.259 e. The average molecular weight is 345 g/mol. The smallest absolute Gasteiger partial charge is 0.259 e. The van der Waals surface area contributed by atoms with Crippen LogP contribution >= 0.6 is 0 Å². The standard InChI is InChI=1S/C21H19N3O2/c22-13-16-3-5-17(6-4-16)18-7-9-19(10-8-18)26-14-20(25)24-21(15-23)11-1-2-12-21/h3-10H,1-2,11-12,14H2,(H,24,25). The van der Waals surface area contributed by atoms with Crippen molar-refractivity contribution in [3.05, 3.63) is 54.1 Å². The largest absolute Gasteiger partial charge is 0.484 e. The van der Waals surface area contributed by atoms with E-state index >= 15 is 0 Å². The van der Waals surface area contributed by atoms with Crippen molar-refractivity contribution in [3.63, 3.8) is 0 Å². The van der Waals surface area contributed by atoms with Gasteiger partial charge >= 0.3 is 0 Å². The summed E-state index contributed by atoms with van der Waals surface area (Å²) >= 11 is 0. The molecule has 1 fully saturated rings. The number of amides is 1. The Morgan fingerprint density at radius 3 is 2.12 bits per heavy atom. The molecule has 0 spiro atoms. The first-order chi connectivity index (χ1) is 12.6. The lowest BCUT2D eigenvalue weighted by molar-refractivity contribution is -0.124. The first kappa shape index (κ1) is 17.5. The molecule has 26 heavy (non-hydrogen) atoms. The molecule has 0 aliphatic heterocycles. The zero-order valence-corrected chi connectivity index (χ0v) is 14.4. The van der Waals surface area contributed by atoms with Crippen molar-refractivity contribution >= 4 is 5.91 Å². The molecule has 5 nitrogen and oxygen atoms in total. The lowest BCUT2D eigenvalue weighted by Gasteiger charge is -2.21. The Morgan fingerprint density at radius 2 is 1.58 bits per heavy atom. The van der Waals surface area contributed by atoms with E-state index in [4.69, 9.17) is 10.00 Å². The van der Waals surface area contributed by atoms with Crippen molar-refractivity contribution in [1.29, 1.82) is 10.5 Å². The maximum atomic E-state index is 12.1. The second kappa shape index (κ2) is 7.72. The fourth-order valence-electron chi connectivity index (χ4n) is 3.18. The molecule has 1 N–H and O–H groups in total. The summed E-state index contributed by atoms with van der Waals surface area (Å²) in [5.74, 6) is 0.319. The van der Waals surface area contributed by atoms with Crippen LogP contribution in [0.5, 0.6) is 5.75 Å². The first-order valence-electron chi connectivity index (χ1n) is 8.60. The highest BCUT2D eigenvalue weighted by atomic mass is 16.5. The van der Waals surface area contributed by atoms with Gasteiger partial charge in [0.1, 0.15) is 11.3 Å². The monoisotopic (exact) mass is 345 g/mol. The van der Waals surface area contributed by atoms with Crippen LogP contribution in [0.2, 0.25) is 0 Å². The molecule has 130 valence electrons. The van der Waals surface area contributed by atoms with Crippen molar-refractivity contribution in [2.75, 3.05) is 6.61 Å². The number of carbonyl (C=O) groups excluding carboxylic acids is 1. The van der Waals surface area contributed by atoms with Crippen LogP contribution in [0, 0.1) is 22.7 Å². The summed E-state index contributed by atoms with van der Waals surface area (Å²) in [5, 5.41) is 21.0. The van der Waals surface area contributed by atoms with Gasteiger partial charge in [-0.15, -0.1) is 0 Å². The number of hydrogen-bond acceptors (Lipinski definition) is 4. The molecule has 0 unspecified atom stereocenters. The predicted molar refractivity (Wildman–Crippen MR) is 97.0 cm³/mol. The van der Waals surface area contributed by atoms with E-state index < -0.39 is 5.54 Å². The van der Waals surface area contributed by atoms with Crippen LogP contribution in [0.3, 0.4) is 0 Å². The Bertz CT molecular complexity index is 852. The molecule has 5 heteroatoms. The molecular weight excluding hydrogens is 326 g/mol. The van der Waals surface area contributed by atoms with E-state index in [1.165, 1.54) is 0 Å². The van der Waals surface area contributed by atoms with Crippen LogP contribution in [0.1, 0.15) is 31.2 Å². The summed E-state index contributed by atoms with van der Waals surface area (Å²) in [4.78, 5) is 12.1. The van der Waals surface area contributed by atoms with Crippen LogP contribution in [0.15, 0.2) is 48.5 Å². The fourth-order valence-corrected chi connectivity index (χ4v) is 3.18. The molecule has 2 aromatic rings. The summed E-state index contributed by atoms with van der Waals surface area (Å²) in [6.07, 6.45) is 3.33. The summed E-state index contributed by atoms with van der Waals surface area (Å²) < 4.78 is 5.53. The minimum absolute atomic E-state index is 0.111. The number of benzene rings is 2. The van der Waals surface area contributed by atoms with E-state index in [0.717, 1.165) is 24.0 Å². The molecule has 1 saturated carbocycles. The number of hydrogen-bond donors (Lipinski definition) is 1. The maximum absolute atomic E-state index is 12.1. The van der Waals surface area contributed by atoms with Gasteiger partial charge in [-0.1, -0.05) is 24.3 Å². The average Bonchev–Trinajstić information content (AvgIpc) is 3.16. The fraction of sp³-hybridized carbons (Fsp3) is 0.286. The van der Waals surface area contributed by atoms with E-state index in [2.05, 4.69) is 17.5 Å². The van der Waals surface area contributed by atoms with Crippen LogP contribution in [-0.2, 0) is 4.79 Å². The minimum atomic E-state index is -0.722. The quantitative estimate of drug-likeness (QED) is 0.898. The Morgan fingerprint density at radius 1 is 1.00 bits per heavy atom. The molecular formula is C21H19N3O2. The van der Waals surface area contributed by atoms with E-state index in [9.17, 15) is 10.1 Å². The van der Waals surface area contributed by atoms with E-state index in [-0.39, 0.29) is 12.5 Å². The SMILES string of the molecule is N#Cc1ccc(-c2ccc(OCC(=O)NC3(C#N)CCCC3)cc2)cc1. The Kier molecular flexibility index (Phi) is 5.20. The van der Waals surface area contributed by atoms with Crippen LogP contribution in [0.25, 0.3) is 11.1 Å². The van der Waals surface area contributed by atoms with Crippen LogP contribution in [0.4, 0.5) is 0 Å². The highest BCUT2D eigenvalue weighted by molar-refractivity contribution is 5.79. The highest BCUT2D eigenvalue weighted by Gasteiger charge is 2.35. The summed E-state index contributed by atoms with van der Waals surface area (Å²) in [7, 11) is 0. The lowest BCUT2D eigenvalue weighted by atomic mass is 10.00. The summed E-state index contributed by atoms with van der Waals surface area (Å²) in [6.45, 7) is -0.111. The molecule has 0 saturated heterocycles. The Hall–Kier alpha value is -3.31. The number of ether oxygens (including phenoxy) is 1. The number of nitrogens with zero attached hydrogens (tertiary/aromatic N) is 2. The number of carbonyl (C=O) groups is 1. The zero-order chi connectivity index (χ0) is 18.4. The number of nitriles is 2. The van der Waals surface area contributed by atoms with Crippen molar-refractivity contribution in [1.82, 2.24) is 5.32 Å². The zero-order valence-electron chi connectivity index (χ0n) is 14.4. The Labute approximate surface area is 152 Å². The molecule has 2 aromatic carbocycles. The molecule has 1 aliphatic rings. The second-order valence-corrected chi connectivity index (χ2v) is 6.45. The molecule has 1 aliphatic carbocycles. The van der Waals surface area contributed by atoms with Gasteiger partial charge in [-0.25, -0.2) is 0 Å². The summed E-state index contributed by atoms with van der Waals surface area (Å²) in [5.41, 5.74) is 1.91. The van der Waals surface area contributed by atoms with Crippen LogP contribution < -0.4 is 10.1 Å². The molecule has 0 bridgehead atoms. The predicted octanol–water partition coefficient (Wildman–Crippen LogP) is 3.56. The van der Waals surface area contributed by atoms with E-state index in [0.29, 0.717) is 24.2 Å². The van der Waals surface area contributed by atoms with Gasteiger partial charge in [0.2, 0.25) is 0 Å². The lowest BCUT2D eigenvalue weighted by Crippen LogP contribution is -2.47. The normalized spacial score (nSPS) is 14.8. The molecule has 0 heterocycles. The molecule has 1 amide bonds. The van der Waals surface area contributed by atoms with Crippen molar-refractivity contribution in [3.8, 4) is 29.0 Å². The van der Waals surface area contributed by atoms with Gasteiger partial charge in [0.05, 0.1) is 17.7 Å². The van der Waals surface area contributed by atoms with Gasteiger partial charge < -0.3 is 10.1 Å². The number of rotatable bonds is 5. The third kappa shape index (κ3) is 4.02. The highest BCUT2D eigenvalue weighted by Crippen LogP contribution is 2.29. The third-order valence-corrected chi connectivity index (χ3v) is 4.62. The minimum Gasteiger partial charge on any atom is -0.484 e.